The zero-order valence-electron chi connectivity index (χ0n) is 64.6. The van der Waals surface area contributed by atoms with Gasteiger partial charge >= 0.3 is 24.1 Å². The molecule has 0 bridgehead atoms. The fourth-order valence-electron chi connectivity index (χ4n) is 13.9. The van der Waals surface area contributed by atoms with Gasteiger partial charge in [-0.05, 0) is 197 Å². The van der Waals surface area contributed by atoms with Gasteiger partial charge in [0.1, 0.15) is 17.5 Å². The van der Waals surface area contributed by atoms with Crippen LogP contribution in [0.5, 0.6) is 0 Å². The van der Waals surface area contributed by atoms with Crippen molar-refractivity contribution in [2.24, 2.45) is 0 Å². The summed E-state index contributed by atoms with van der Waals surface area (Å²) in [6, 6.07) is 36.5. The van der Waals surface area contributed by atoms with Crippen molar-refractivity contribution in [3.63, 3.8) is 0 Å². The molecule has 4 saturated heterocycles. The molecule has 0 aliphatic carbocycles. The average Bonchev–Trinajstić information content (AvgIpc) is 1.74. The largest absolute Gasteiger partial charge is 0.367 e. The molecule has 592 valence electrons. The first-order chi connectivity index (χ1) is 53.7. The van der Waals surface area contributed by atoms with Gasteiger partial charge in [0, 0.05) is 122 Å². The topological polar surface area (TPSA) is 296 Å². The molecule has 0 radical (unpaired) electrons. The Morgan fingerprint density at radius 2 is 0.708 bits per heavy atom. The van der Waals surface area contributed by atoms with Crippen LogP contribution in [0.2, 0.25) is 20.1 Å². The summed E-state index contributed by atoms with van der Waals surface area (Å²) in [5.74, 6) is 4.17. The number of nitrogens with zero attached hydrogens (tertiary/aromatic N) is 15. The van der Waals surface area contributed by atoms with Crippen LogP contribution in [0.15, 0.2) is 134 Å². The molecule has 4 aliphatic heterocycles. The number of hydrogen-bond donors (Lipinski definition) is 8. The van der Waals surface area contributed by atoms with Gasteiger partial charge in [-0.1, -0.05) is 92.8 Å². The van der Waals surface area contributed by atoms with E-state index in [0.29, 0.717) is 117 Å². The second kappa shape index (κ2) is 35.3. The van der Waals surface area contributed by atoms with Gasteiger partial charge in [-0.15, -0.1) is 0 Å². The highest BCUT2D eigenvalue weighted by molar-refractivity contribution is 6.34. The molecule has 5 aromatic carbocycles. The first kappa shape index (κ1) is 81.4. The van der Waals surface area contributed by atoms with Gasteiger partial charge in [0.2, 0.25) is 23.8 Å². The van der Waals surface area contributed by atoms with E-state index in [1.165, 1.54) is 38.9 Å². The summed E-state index contributed by atoms with van der Waals surface area (Å²) in [4.78, 5) is 110. The number of fused-ring (bicyclic) bond motifs is 4. The molecule has 11 heterocycles. The number of anilines is 8. The van der Waals surface area contributed by atoms with Crippen molar-refractivity contribution in [2.75, 3.05) is 132 Å². The van der Waals surface area contributed by atoms with Crippen LogP contribution in [-0.4, -0.2) is 202 Å². The quantitative estimate of drug-likeness (QED) is 0.0701. The summed E-state index contributed by atoms with van der Waals surface area (Å²) in [6.45, 7) is 32.0. The van der Waals surface area contributed by atoms with E-state index in [-0.39, 0.29) is 49.0 Å². The van der Waals surface area contributed by atoms with Crippen LogP contribution in [-0.2, 0) is 5.41 Å². The number of urea groups is 4. The first-order valence-corrected chi connectivity index (χ1v) is 38.9. The number of H-pyrrole nitrogens is 4. The molecular weight excluding hydrogens is 1510 g/mol. The number of carbonyl (C=O) groups excluding carboxylic acids is 4. The van der Waals surface area contributed by atoms with Crippen molar-refractivity contribution in [1.29, 1.82) is 0 Å². The van der Waals surface area contributed by atoms with Crippen LogP contribution in [0.1, 0.15) is 81.0 Å². The molecule has 0 spiro atoms. The molecule has 0 saturated carbocycles. The third kappa shape index (κ3) is 19.3. The molecule has 12 aromatic rings. The zero-order chi connectivity index (χ0) is 79.2. The number of piperazine rings is 4. The maximum absolute atomic E-state index is 12.8. The van der Waals surface area contributed by atoms with Crippen molar-refractivity contribution in [3.05, 3.63) is 193 Å². The predicted molar refractivity (Wildman–Crippen MR) is 458 cm³/mol. The van der Waals surface area contributed by atoms with E-state index < -0.39 is 0 Å². The molecule has 0 unspecified atom stereocenters. The molecule has 8 N–H and O–H groups in total. The van der Waals surface area contributed by atoms with Crippen LogP contribution in [0.4, 0.5) is 66.1 Å². The Balaban J connectivity index is 0.000000139. The summed E-state index contributed by atoms with van der Waals surface area (Å²) in [5, 5.41) is 14.2. The van der Waals surface area contributed by atoms with E-state index in [2.05, 4.69) is 176 Å². The van der Waals surface area contributed by atoms with E-state index in [9.17, 15) is 19.2 Å². The number of aromatic nitrogens is 11. The van der Waals surface area contributed by atoms with Crippen molar-refractivity contribution < 1.29 is 19.2 Å². The molecule has 4 aliphatic rings. The Labute approximate surface area is 677 Å². The summed E-state index contributed by atoms with van der Waals surface area (Å²) in [5.41, 5.74) is 16.5. The van der Waals surface area contributed by atoms with Crippen LogP contribution >= 0.6 is 46.4 Å². The molecular formula is C82H97Cl4N23O4. The Bertz CT molecular complexity index is 5130. The molecule has 7 aromatic heterocycles. The summed E-state index contributed by atoms with van der Waals surface area (Å²) in [7, 11) is 0. The Morgan fingerprint density at radius 1 is 0.381 bits per heavy atom. The van der Waals surface area contributed by atoms with Crippen molar-refractivity contribution in [3.8, 4) is 0 Å². The fraction of sp³-hybridized carbons (Fsp3) is 0.354. The molecule has 31 heteroatoms. The van der Waals surface area contributed by atoms with E-state index in [1.54, 1.807) is 28.4 Å². The highest BCUT2D eigenvalue weighted by Crippen LogP contribution is 2.32. The average molecular weight is 1610 g/mol. The number of aryl methyl sites for hydroxylation is 6. The monoisotopic (exact) mass is 1610 g/mol. The predicted octanol–water partition coefficient (Wildman–Crippen LogP) is 17.0. The summed E-state index contributed by atoms with van der Waals surface area (Å²) >= 11 is 25.0. The van der Waals surface area contributed by atoms with Crippen LogP contribution in [0, 0.1) is 41.5 Å². The Hall–Kier alpha value is -11.1. The van der Waals surface area contributed by atoms with E-state index in [4.69, 9.17) is 46.4 Å². The zero-order valence-corrected chi connectivity index (χ0v) is 67.6. The minimum Gasteiger partial charge on any atom is -0.367 e. The number of nitrogens with one attached hydrogen (secondary N) is 8. The lowest BCUT2D eigenvalue weighted by Gasteiger charge is -2.40. The maximum Gasteiger partial charge on any atom is 0.324 e. The number of rotatable bonds is 8. The van der Waals surface area contributed by atoms with Gasteiger partial charge in [0.25, 0.3) is 0 Å². The van der Waals surface area contributed by atoms with Gasteiger partial charge in [0.15, 0.2) is 0 Å². The standard InChI is InChI=1S/C21H25ClN6O.2C20H23ClN6O.C20H22ClN5O.CH4/c1-21(2,3)14-6-7-16-17(13-14)25-19(24-16)26-20(29)28-11-9-27(10-12-28)18-15(22)5-4-8-23-18;2*1-12-9-16-17(10-13(12)2)24-19(23-16)25-20(28)27-8-7-26(11-14(27)3)18-15(21)5-4-6-22-18;1-13-11-16-17(12-14(13)2)23-19(22-16)24-20(27)26-9-7-25(8-10-26)18-6-4-3-5-15(18)21;/h4-8,13H,9-12H2,1-3H3,(H2,24,25,26,29);2*4-6,9-10,14H,7-8,11H2,1-3H3,(H2,23,24,25,28);3-6,11-12H,7-10H2,1-2H3,(H2,22,23,24,27);1H4/t;2*14-;;/m.10../s1. The Morgan fingerprint density at radius 3 is 1.08 bits per heavy atom. The van der Waals surface area contributed by atoms with Crippen LogP contribution < -0.4 is 40.9 Å². The highest BCUT2D eigenvalue weighted by Gasteiger charge is 2.33. The molecule has 27 nitrogen and oxygen atoms in total. The number of amides is 8. The number of para-hydroxylation sites is 1. The summed E-state index contributed by atoms with van der Waals surface area (Å²) < 4.78 is 0. The number of pyridine rings is 3. The van der Waals surface area contributed by atoms with Crippen molar-refractivity contribution in [1.82, 2.24) is 74.4 Å². The van der Waals surface area contributed by atoms with Crippen molar-refractivity contribution >= 4 is 162 Å². The summed E-state index contributed by atoms with van der Waals surface area (Å²) in [6.07, 6.45) is 5.19. The van der Waals surface area contributed by atoms with Crippen molar-refractivity contribution in [2.45, 2.75) is 101 Å². The third-order valence-corrected chi connectivity index (χ3v) is 22.0. The van der Waals surface area contributed by atoms with E-state index >= 15 is 0 Å². The third-order valence-electron chi connectivity index (χ3n) is 20.8. The Kier molecular flexibility index (Phi) is 25.4. The van der Waals surface area contributed by atoms with Gasteiger partial charge in [-0.3, -0.25) is 21.3 Å². The SMILES string of the molecule is C.CC(C)(C)c1ccc2nc(NC(=O)N3CCN(c4ncccc4Cl)CC3)[nH]c2c1.Cc1cc2nc(NC(=O)N3CCN(c4ccccc4Cl)CC3)[nH]c2cc1C.Cc1cc2nc(NC(=O)N3CCN(c4ncccc4Cl)C[C@@H]3C)[nH]c2cc1C.Cc1cc2nc(NC(=O)N3CCN(c4ncccc4Cl)C[C@H]3C)[nH]c2cc1C. The lowest BCUT2D eigenvalue weighted by atomic mass is 9.87. The number of carbonyl (C=O) groups is 4. The van der Waals surface area contributed by atoms with Crippen LogP contribution in [0.25, 0.3) is 44.1 Å². The molecule has 113 heavy (non-hydrogen) atoms. The van der Waals surface area contributed by atoms with Crippen LogP contribution in [0.3, 0.4) is 0 Å². The maximum atomic E-state index is 12.8. The van der Waals surface area contributed by atoms with E-state index in [0.717, 1.165) is 85.4 Å². The smallest absolute Gasteiger partial charge is 0.324 e. The lowest BCUT2D eigenvalue weighted by molar-refractivity contribution is 0.184. The second-order valence-corrected chi connectivity index (χ2v) is 31.3. The normalized spacial score (nSPS) is 15.9. The minimum atomic E-state index is -0.160. The van der Waals surface area contributed by atoms with Gasteiger partial charge < -0.3 is 59.1 Å². The number of benzene rings is 5. The number of halogens is 4. The second-order valence-electron chi connectivity index (χ2n) is 29.7. The molecule has 8 amide bonds. The fourth-order valence-corrected chi connectivity index (χ4v) is 14.9. The van der Waals surface area contributed by atoms with Gasteiger partial charge in [-0.2, -0.15) is 0 Å². The first-order valence-electron chi connectivity index (χ1n) is 37.4. The van der Waals surface area contributed by atoms with Gasteiger partial charge in [0.05, 0.1) is 69.9 Å². The number of hydrogen-bond acceptors (Lipinski definition) is 15. The lowest BCUT2D eigenvalue weighted by Crippen LogP contribution is -2.55. The minimum absolute atomic E-state index is 0. The molecule has 2 atom stereocenters. The number of aromatic amines is 4. The van der Waals surface area contributed by atoms with Gasteiger partial charge in [-0.25, -0.2) is 54.1 Å². The molecule has 4 fully saturated rings. The highest BCUT2D eigenvalue weighted by atomic mass is 35.5. The number of imidazole rings is 4. The van der Waals surface area contributed by atoms with E-state index in [1.807, 2.05) is 121 Å². The molecule has 16 rings (SSSR count).